The van der Waals surface area contributed by atoms with Gasteiger partial charge in [0.15, 0.2) is 0 Å². The van der Waals surface area contributed by atoms with Crippen LogP contribution in [0.5, 0.6) is 0 Å². The quantitative estimate of drug-likeness (QED) is 0.212. The van der Waals surface area contributed by atoms with E-state index in [0.29, 0.717) is 44.5 Å². The van der Waals surface area contributed by atoms with Gasteiger partial charge in [-0.05, 0) is 55.5 Å². The van der Waals surface area contributed by atoms with Crippen molar-refractivity contribution in [2.24, 2.45) is 0 Å². The smallest absolute Gasteiger partial charge is 0.382 e. The van der Waals surface area contributed by atoms with Gasteiger partial charge in [-0.3, -0.25) is 14.9 Å². The van der Waals surface area contributed by atoms with E-state index in [4.69, 9.17) is 4.74 Å². The first kappa shape index (κ1) is 31.5. The summed E-state index contributed by atoms with van der Waals surface area (Å²) in [7, 11) is 0. The van der Waals surface area contributed by atoms with E-state index in [9.17, 15) is 41.3 Å². The molecular formula is C28H32F6N4O4. The molecule has 4 rings (SSSR count). The number of carbonyl (C=O) groups excluding carboxylic acids is 1. The second-order valence-electron chi connectivity index (χ2n) is 10.6. The van der Waals surface area contributed by atoms with Gasteiger partial charge in [0.1, 0.15) is 5.56 Å². The molecule has 14 heteroatoms. The van der Waals surface area contributed by atoms with Crippen LogP contribution in [0.25, 0.3) is 0 Å². The second kappa shape index (κ2) is 13.3. The number of nitro benzene ring substituents is 1. The normalized spacial score (nSPS) is 17.8. The van der Waals surface area contributed by atoms with Crippen molar-refractivity contribution < 1.29 is 40.8 Å². The zero-order chi connectivity index (χ0) is 30.5. The topological polar surface area (TPSA) is 88.0 Å². The van der Waals surface area contributed by atoms with Crippen LogP contribution >= 0.6 is 0 Å². The third-order valence-corrected chi connectivity index (χ3v) is 7.66. The predicted molar refractivity (Wildman–Crippen MR) is 142 cm³/mol. The first-order valence-electron chi connectivity index (χ1n) is 13.7. The number of carbonyl (C=O) groups is 1. The van der Waals surface area contributed by atoms with Gasteiger partial charge in [0.05, 0.1) is 23.2 Å². The van der Waals surface area contributed by atoms with Gasteiger partial charge < -0.3 is 19.9 Å². The van der Waals surface area contributed by atoms with E-state index in [1.807, 2.05) is 0 Å². The predicted octanol–water partition coefficient (Wildman–Crippen LogP) is 6.11. The second-order valence-corrected chi connectivity index (χ2v) is 10.6. The largest absolute Gasteiger partial charge is 0.423 e. The lowest BCUT2D eigenvalue weighted by atomic mass is 10.0. The highest BCUT2D eigenvalue weighted by Gasteiger charge is 2.38. The Kier molecular flexibility index (Phi) is 9.97. The van der Waals surface area contributed by atoms with Crippen LogP contribution in [0.15, 0.2) is 42.5 Å². The number of rotatable bonds is 9. The van der Waals surface area contributed by atoms with E-state index >= 15 is 0 Å². The van der Waals surface area contributed by atoms with Crippen molar-refractivity contribution in [2.75, 3.05) is 38.0 Å². The van der Waals surface area contributed by atoms with E-state index in [1.165, 1.54) is 18.2 Å². The van der Waals surface area contributed by atoms with E-state index in [0.717, 1.165) is 50.2 Å². The number of ether oxygens (including phenoxy) is 1. The zero-order valence-electron chi connectivity index (χ0n) is 22.7. The van der Waals surface area contributed by atoms with Crippen LogP contribution < -0.4 is 5.32 Å². The van der Waals surface area contributed by atoms with Crippen LogP contribution in [0.1, 0.15) is 48.8 Å². The first-order valence-corrected chi connectivity index (χ1v) is 13.7. The van der Waals surface area contributed by atoms with Gasteiger partial charge in [-0.1, -0.05) is 12.1 Å². The van der Waals surface area contributed by atoms with Crippen molar-refractivity contribution in [3.05, 3.63) is 69.3 Å². The van der Waals surface area contributed by atoms with E-state index in [1.54, 1.807) is 4.90 Å². The summed E-state index contributed by atoms with van der Waals surface area (Å²) in [6.07, 6.45) is -6.31. The van der Waals surface area contributed by atoms with Gasteiger partial charge in [-0.2, -0.15) is 26.3 Å². The van der Waals surface area contributed by atoms with Gasteiger partial charge >= 0.3 is 12.4 Å². The molecule has 2 aliphatic heterocycles. The van der Waals surface area contributed by atoms with Crippen molar-refractivity contribution in [1.82, 2.24) is 9.80 Å². The zero-order valence-corrected chi connectivity index (χ0v) is 22.7. The number of halogens is 6. The molecule has 0 bridgehead atoms. The number of hydrogen-bond donors (Lipinski definition) is 1. The molecule has 2 aromatic carbocycles. The van der Waals surface area contributed by atoms with Crippen LogP contribution in [0, 0.1) is 10.1 Å². The Bertz CT molecular complexity index is 1220. The number of piperidine rings is 2. The Morgan fingerprint density at radius 3 is 2.14 bits per heavy atom. The summed E-state index contributed by atoms with van der Waals surface area (Å²) in [6.45, 7) is 3.22. The minimum atomic E-state index is -4.85. The Morgan fingerprint density at radius 1 is 0.929 bits per heavy atom. The molecular weight excluding hydrogens is 570 g/mol. The molecule has 42 heavy (non-hydrogen) atoms. The van der Waals surface area contributed by atoms with Gasteiger partial charge in [-0.25, -0.2) is 0 Å². The van der Waals surface area contributed by atoms with Gasteiger partial charge in [-0.15, -0.1) is 0 Å². The summed E-state index contributed by atoms with van der Waals surface area (Å²) in [5.74, 6) is 0.00354. The molecule has 0 atom stereocenters. The van der Waals surface area contributed by atoms with Gasteiger partial charge in [0.25, 0.3) is 5.69 Å². The number of nitrogens with zero attached hydrogens (tertiary/aromatic N) is 3. The highest BCUT2D eigenvalue weighted by Crippen LogP contribution is 2.38. The van der Waals surface area contributed by atoms with E-state index in [2.05, 4.69) is 10.2 Å². The Balaban J connectivity index is 1.14. The average Bonchev–Trinajstić information content (AvgIpc) is 2.95. The minimum Gasteiger partial charge on any atom is -0.382 e. The molecule has 2 aliphatic rings. The monoisotopic (exact) mass is 602 g/mol. The maximum absolute atomic E-state index is 13.3. The van der Waals surface area contributed by atoms with Crippen molar-refractivity contribution in [2.45, 2.75) is 63.2 Å². The lowest BCUT2D eigenvalue weighted by molar-refractivity contribution is -0.388. The fraction of sp³-hybridized carbons (Fsp3) is 0.536. The molecule has 0 radical (unpaired) electrons. The molecule has 0 spiro atoms. The Hall–Kier alpha value is -3.39. The number of benzene rings is 2. The third kappa shape index (κ3) is 8.57. The third-order valence-electron chi connectivity index (χ3n) is 7.66. The molecule has 1 amide bonds. The van der Waals surface area contributed by atoms with Crippen molar-refractivity contribution in [3.63, 3.8) is 0 Å². The van der Waals surface area contributed by atoms with Crippen LogP contribution in [0.2, 0.25) is 0 Å². The minimum absolute atomic E-state index is 0.00354. The van der Waals surface area contributed by atoms with E-state index < -0.39 is 34.1 Å². The van der Waals surface area contributed by atoms with Crippen molar-refractivity contribution in [1.29, 1.82) is 0 Å². The molecule has 1 N–H and O–H groups in total. The fourth-order valence-corrected chi connectivity index (χ4v) is 5.24. The summed E-state index contributed by atoms with van der Waals surface area (Å²) in [5, 5.41) is 14.0. The first-order chi connectivity index (χ1) is 19.8. The van der Waals surface area contributed by atoms with Crippen molar-refractivity contribution >= 4 is 17.3 Å². The Morgan fingerprint density at radius 2 is 1.57 bits per heavy atom. The standard InChI is InChI=1S/C28H32F6N4O4/c29-27(30,31)20-3-1-19(2-4-20)18-42-23-9-12-36(13-10-23)14-11-26(39)37-15-7-21(8-16-37)35-22-5-6-25(38(40)41)24(17-22)28(32,33)34/h1-6,17,21,23,35H,7-16,18H2. The van der Waals surface area contributed by atoms with Crippen LogP contribution in [0.3, 0.4) is 0 Å². The lowest BCUT2D eigenvalue weighted by Crippen LogP contribution is -2.44. The fourth-order valence-electron chi connectivity index (χ4n) is 5.24. The maximum Gasteiger partial charge on any atom is 0.423 e. The Labute approximate surface area is 238 Å². The summed E-state index contributed by atoms with van der Waals surface area (Å²) < 4.78 is 83.8. The number of nitrogens with one attached hydrogen (secondary N) is 1. The van der Waals surface area contributed by atoms with Crippen molar-refractivity contribution in [3.8, 4) is 0 Å². The van der Waals surface area contributed by atoms with Gasteiger partial charge in [0, 0.05) is 56.9 Å². The molecule has 2 aromatic rings. The number of alkyl halides is 6. The highest BCUT2D eigenvalue weighted by atomic mass is 19.4. The SMILES string of the molecule is O=C(CCN1CCC(OCc2ccc(C(F)(F)F)cc2)CC1)N1CCC(Nc2ccc([N+](=O)[O-])c(C(F)(F)F)c2)CC1. The summed E-state index contributed by atoms with van der Waals surface area (Å²) in [4.78, 5) is 26.6. The van der Waals surface area contributed by atoms with Crippen LogP contribution in [-0.4, -0.2) is 65.5 Å². The molecule has 2 saturated heterocycles. The van der Waals surface area contributed by atoms with E-state index in [-0.39, 0.29) is 30.3 Å². The molecule has 230 valence electrons. The molecule has 0 unspecified atom stereocenters. The summed E-state index contributed by atoms with van der Waals surface area (Å²) in [6, 6.07) is 7.61. The summed E-state index contributed by atoms with van der Waals surface area (Å²) in [5.41, 5.74) is -2.18. The molecule has 8 nitrogen and oxygen atoms in total. The molecule has 2 heterocycles. The summed E-state index contributed by atoms with van der Waals surface area (Å²) >= 11 is 0. The lowest BCUT2D eigenvalue weighted by Gasteiger charge is -2.35. The van der Waals surface area contributed by atoms with Crippen LogP contribution in [0.4, 0.5) is 37.7 Å². The van der Waals surface area contributed by atoms with Crippen LogP contribution in [-0.2, 0) is 28.5 Å². The average molecular weight is 603 g/mol. The highest BCUT2D eigenvalue weighted by molar-refractivity contribution is 5.76. The number of anilines is 1. The number of likely N-dealkylation sites (tertiary alicyclic amines) is 2. The molecule has 0 aliphatic carbocycles. The number of hydrogen-bond acceptors (Lipinski definition) is 6. The number of amides is 1. The number of nitro groups is 1. The molecule has 0 saturated carbocycles. The molecule has 2 fully saturated rings. The molecule has 0 aromatic heterocycles. The maximum atomic E-state index is 13.3. The van der Waals surface area contributed by atoms with Gasteiger partial charge in [0.2, 0.25) is 5.91 Å².